The van der Waals surface area contributed by atoms with Crippen molar-refractivity contribution in [3.05, 3.63) is 56.7 Å². The first-order valence-corrected chi connectivity index (χ1v) is 7.75. The lowest BCUT2D eigenvalue weighted by atomic mass is 10.1. The molecule has 0 saturated heterocycles. The number of carbonyl (C=O) groups excluding carboxylic acids is 2. The number of hydrogen-bond donors (Lipinski definition) is 2. The summed E-state index contributed by atoms with van der Waals surface area (Å²) in [6.45, 7) is 0. The van der Waals surface area contributed by atoms with Crippen LogP contribution < -0.4 is 11.1 Å². The number of nitrogens with two attached hydrogens (primary N) is 1. The summed E-state index contributed by atoms with van der Waals surface area (Å²) in [5.41, 5.74) is 6.72. The largest absolute Gasteiger partial charge is 0.366 e. The zero-order valence-electron chi connectivity index (χ0n) is 11.0. The van der Waals surface area contributed by atoms with Gasteiger partial charge in [0.15, 0.2) is 0 Å². The fourth-order valence-corrected chi connectivity index (χ4v) is 3.18. The Labute approximate surface area is 130 Å². The lowest BCUT2D eigenvalue weighted by Crippen LogP contribution is -2.25. The number of rotatable bonds is 4. The van der Waals surface area contributed by atoms with E-state index in [2.05, 4.69) is 5.32 Å². The summed E-state index contributed by atoms with van der Waals surface area (Å²) in [7, 11) is 0. The first-order valence-electron chi connectivity index (χ1n) is 6.49. The van der Waals surface area contributed by atoms with E-state index in [0.717, 1.165) is 6.42 Å². The molecule has 1 aliphatic carbocycles. The van der Waals surface area contributed by atoms with E-state index in [1.54, 1.807) is 5.38 Å². The number of halogens is 1. The van der Waals surface area contributed by atoms with Crippen molar-refractivity contribution in [1.82, 2.24) is 5.32 Å². The highest BCUT2D eigenvalue weighted by Gasteiger charge is 2.39. The van der Waals surface area contributed by atoms with E-state index < -0.39 is 5.91 Å². The van der Waals surface area contributed by atoms with E-state index in [1.165, 1.54) is 23.0 Å². The number of primary amides is 1. The minimum Gasteiger partial charge on any atom is -0.366 e. The van der Waals surface area contributed by atoms with E-state index in [9.17, 15) is 9.59 Å². The van der Waals surface area contributed by atoms with Crippen molar-refractivity contribution in [1.29, 1.82) is 0 Å². The zero-order valence-corrected chi connectivity index (χ0v) is 12.6. The Morgan fingerprint density at radius 2 is 2.00 bits per heavy atom. The molecule has 0 aliphatic heterocycles. The number of hydrogen-bond acceptors (Lipinski definition) is 3. The van der Waals surface area contributed by atoms with Crippen molar-refractivity contribution in [3.63, 3.8) is 0 Å². The summed E-state index contributed by atoms with van der Waals surface area (Å²) in [6.07, 6.45) is 0.918. The van der Waals surface area contributed by atoms with Crippen LogP contribution in [0.25, 0.3) is 0 Å². The monoisotopic (exact) mass is 320 g/mol. The van der Waals surface area contributed by atoms with Gasteiger partial charge < -0.3 is 11.1 Å². The molecule has 0 bridgehead atoms. The van der Waals surface area contributed by atoms with Crippen molar-refractivity contribution in [2.24, 2.45) is 5.73 Å². The van der Waals surface area contributed by atoms with Gasteiger partial charge in [-0.25, -0.2) is 0 Å². The molecular weight excluding hydrogens is 308 g/mol. The molecule has 6 heteroatoms. The second-order valence-corrected chi connectivity index (χ2v) is 6.39. The van der Waals surface area contributed by atoms with Crippen LogP contribution in [0.2, 0.25) is 5.02 Å². The van der Waals surface area contributed by atoms with Gasteiger partial charge in [-0.15, -0.1) is 11.3 Å². The Morgan fingerprint density at radius 1 is 1.29 bits per heavy atom. The van der Waals surface area contributed by atoms with Crippen molar-refractivity contribution in [2.75, 3.05) is 0 Å². The van der Waals surface area contributed by atoms with E-state index >= 15 is 0 Å². The smallest absolute Gasteiger partial charge is 0.261 e. The third-order valence-electron chi connectivity index (χ3n) is 3.51. The number of amides is 2. The summed E-state index contributed by atoms with van der Waals surface area (Å²) >= 11 is 7.08. The average Bonchev–Trinajstić information content (AvgIpc) is 3.03. The molecule has 2 atom stereocenters. The van der Waals surface area contributed by atoms with Gasteiger partial charge in [0.1, 0.15) is 0 Å². The molecule has 3 rings (SSSR count). The van der Waals surface area contributed by atoms with Crippen molar-refractivity contribution < 1.29 is 9.59 Å². The highest BCUT2D eigenvalue weighted by molar-refractivity contribution is 7.12. The second kappa shape index (κ2) is 5.50. The summed E-state index contributed by atoms with van der Waals surface area (Å²) < 4.78 is 0. The van der Waals surface area contributed by atoms with Gasteiger partial charge in [0, 0.05) is 22.4 Å². The van der Waals surface area contributed by atoms with E-state index in [-0.39, 0.29) is 11.9 Å². The number of benzene rings is 1. The van der Waals surface area contributed by atoms with Crippen LogP contribution in [0.1, 0.15) is 37.9 Å². The van der Waals surface area contributed by atoms with Gasteiger partial charge in [-0.2, -0.15) is 0 Å². The minimum atomic E-state index is -0.518. The lowest BCUT2D eigenvalue weighted by molar-refractivity contribution is 0.0954. The molecule has 1 fully saturated rings. The first-order chi connectivity index (χ1) is 10.0. The molecule has 3 N–H and O–H groups in total. The minimum absolute atomic E-state index is 0.137. The summed E-state index contributed by atoms with van der Waals surface area (Å²) in [5, 5.41) is 5.28. The molecule has 1 aliphatic rings. The fourth-order valence-electron chi connectivity index (χ4n) is 2.26. The first kappa shape index (κ1) is 14.1. The second-order valence-electron chi connectivity index (χ2n) is 5.04. The van der Waals surface area contributed by atoms with Crippen LogP contribution >= 0.6 is 22.9 Å². The van der Waals surface area contributed by atoms with Crippen molar-refractivity contribution in [2.45, 2.75) is 18.4 Å². The summed E-state index contributed by atoms with van der Waals surface area (Å²) in [6, 6.07) is 9.34. The number of carbonyl (C=O) groups is 2. The normalized spacial score (nSPS) is 20.0. The molecular formula is C15H13ClN2O2S. The molecule has 1 saturated carbocycles. The van der Waals surface area contributed by atoms with Crippen LogP contribution in [0.15, 0.2) is 35.7 Å². The van der Waals surface area contributed by atoms with E-state index in [1.807, 2.05) is 24.3 Å². The molecule has 4 nitrogen and oxygen atoms in total. The van der Waals surface area contributed by atoms with Gasteiger partial charge >= 0.3 is 0 Å². The highest BCUT2D eigenvalue weighted by Crippen LogP contribution is 2.41. The van der Waals surface area contributed by atoms with Crippen LogP contribution in [-0.4, -0.2) is 17.9 Å². The van der Waals surface area contributed by atoms with Gasteiger partial charge in [0.05, 0.1) is 10.4 Å². The number of thiophene rings is 1. The predicted octanol–water partition coefficient (Wildman–Crippen LogP) is 2.79. The Balaban J connectivity index is 1.61. The van der Waals surface area contributed by atoms with Crippen LogP contribution in [-0.2, 0) is 0 Å². The molecule has 1 heterocycles. The molecule has 1 aromatic heterocycles. The zero-order chi connectivity index (χ0) is 15.0. The Bertz CT molecular complexity index is 696. The van der Waals surface area contributed by atoms with Crippen molar-refractivity contribution >= 4 is 34.8 Å². The van der Waals surface area contributed by atoms with Gasteiger partial charge in [-0.3, -0.25) is 9.59 Å². The molecule has 21 heavy (non-hydrogen) atoms. The predicted molar refractivity (Wildman–Crippen MR) is 82.9 cm³/mol. The number of nitrogens with one attached hydrogen (secondary N) is 1. The molecule has 0 unspecified atom stereocenters. The molecule has 2 amide bonds. The molecule has 0 radical (unpaired) electrons. The third kappa shape index (κ3) is 3.09. The maximum atomic E-state index is 12.1. The molecule has 1 aromatic carbocycles. The molecule has 2 aromatic rings. The van der Waals surface area contributed by atoms with Crippen LogP contribution in [0, 0.1) is 0 Å². The van der Waals surface area contributed by atoms with Crippen LogP contribution in [0.3, 0.4) is 0 Å². The van der Waals surface area contributed by atoms with Gasteiger partial charge in [-0.05, 0) is 30.2 Å². The highest BCUT2D eigenvalue weighted by atomic mass is 35.5. The third-order valence-corrected chi connectivity index (χ3v) is 4.69. The quantitative estimate of drug-likeness (QED) is 0.909. The lowest BCUT2D eigenvalue weighted by Gasteiger charge is -2.03. The Morgan fingerprint density at radius 3 is 2.62 bits per heavy atom. The molecule has 108 valence electrons. The summed E-state index contributed by atoms with van der Waals surface area (Å²) in [5.74, 6) is -0.341. The topological polar surface area (TPSA) is 72.2 Å². The Hall–Kier alpha value is -1.85. The van der Waals surface area contributed by atoms with Crippen LogP contribution in [0.4, 0.5) is 0 Å². The van der Waals surface area contributed by atoms with E-state index in [4.69, 9.17) is 17.3 Å². The van der Waals surface area contributed by atoms with Gasteiger partial charge in [0.2, 0.25) is 5.91 Å². The SMILES string of the molecule is NC(=O)c1csc(C(=O)N[C@@H]2C[C@@H]2c2ccc(Cl)cc2)c1. The average molecular weight is 321 g/mol. The maximum absolute atomic E-state index is 12.1. The van der Waals surface area contributed by atoms with E-state index in [0.29, 0.717) is 21.4 Å². The summed E-state index contributed by atoms with van der Waals surface area (Å²) in [4.78, 5) is 23.6. The van der Waals surface area contributed by atoms with Crippen molar-refractivity contribution in [3.8, 4) is 0 Å². The maximum Gasteiger partial charge on any atom is 0.261 e. The Kier molecular flexibility index (Phi) is 3.69. The van der Waals surface area contributed by atoms with Gasteiger partial charge in [0.25, 0.3) is 5.91 Å². The van der Waals surface area contributed by atoms with Gasteiger partial charge in [-0.1, -0.05) is 23.7 Å². The molecule has 0 spiro atoms. The van der Waals surface area contributed by atoms with Crippen LogP contribution in [0.5, 0.6) is 0 Å². The standard InChI is InChI=1S/C15H13ClN2O2S/c16-10-3-1-8(2-4-10)11-6-12(11)18-15(20)13-5-9(7-21-13)14(17)19/h1-5,7,11-12H,6H2,(H2,17,19)(H,18,20)/t11-,12-/m1/s1. The fraction of sp³-hybridized carbons (Fsp3) is 0.200.